The van der Waals surface area contributed by atoms with Gasteiger partial charge in [0.1, 0.15) is 6.04 Å². The van der Waals surface area contributed by atoms with Crippen LogP contribution in [-0.2, 0) is 11.2 Å². The Balaban J connectivity index is 1.40. The summed E-state index contributed by atoms with van der Waals surface area (Å²) in [7, 11) is 0. The van der Waals surface area contributed by atoms with E-state index in [0.29, 0.717) is 43.1 Å². The zero-order chi connectivity index (χ0) is 21.7. The third-order valence-corrected chi connectivity index (χ3v) is 6.40. The molecular weight excluding hydrogens is 396 g/mol. The van der Waals surface area contributed by atoms with Crippen molar-refractivity contribution in [1.29, 1.82) is 0 Å². The molecule has 7 heteroatoms. The summed E-state index contributed by atoms with van der Waals surface area (Å²) in [5.41, 5.74) is 2.85. The van der Waals surface area contributed by atoms with Gasteiger partial charge in [0.2, 0.25) is 5.91 Å². The van der Waals surface area contributed by atoms with E-state index in [1.54, 1.807) is 36.1 Å². The number of hydrogen-bond acceptors (Lipinski definition) is 5. The van der Waals surface area contributed by atoms with E-state index in [1.165, 1.54) is 0 Å². The molecule has 0 saturated carbocycles. The lowest BCUT2D eigenvalue weighted by molar-refractivity contribution is -0.137. The van der Waals surface area contributed by atoms with Crippen molar-refractivity contribution in [2.24, 2.45) is 0 Å². The van der Waals surface area contributed by atoms with Crippen molar-refractivity contribution < 1.29 is 23.9 Å². The minimum absolute atomic E-state index is 0.203. The number of carbonyl (C=O) groups is 3. The number of nitrogens with zero attached hydrogens (tertiary/aromatic N) is 2. The molecule has 2 aromatic rings. The lowest BCUT2D eigenvalue weighted by Gasteiger charge is -2.38. The molecule has 3 amide bonds. The first kappa shape index (κ1) is 19.6. The van der Waals surface area contributed by atoms with E-state index >= 15 is 0 Å². The van der Waals surface area contributed by atoms with Gasteiger partial charge in [0.05, 0.1) is 30.4 Å². The molecule has 3 aliphatic heterocycles. The molecule has 31 heavy (non-hydrogen) atoms. The quantitative estimate of drug-likeness (QED) is 0.699. The molecule has 0 saturated heterocycles. The van der Waals surface area contributed by atoms with Crippen molar-refractivity contribution in [3.8, 4) is 11.5 Å². The minimum Gasteiger partial charge on any atom is -0.490 e. The minimum atomic E-state index is -0.878. The second-order valence-electron chi connectivity index (χ2n) is 8.21. The summed E-state index contributed by atoms with van der Waals surface area (Å²) in [6.45, 7) is 5.33. The Morgan fingerprint density at radius 2 is 1.65 bits per heavy atom. The molecule has 0 spiro atoms. The molecular formula is C24H24N2O5. The van der Waals surface area contributed by atoms with Crippen molar-refractivity contribution in [3.05, 3.63) is 58.7 Å². The van der Waals surface area contributed by atoms with Crippen molar-refractivity contribution >= 4 is 17.7 Å². The molecule has 0 fully saturated rings. The van der Waals surface area contributed by atoms with E-state index in [2.05, 4.69) is 0 Å². The highest BCUT2D eigenvalue weighted by molar-refractivity contribution is 6.22. The Kier molecular flexibility index (Phi) is 4.68. The third kappa shape index (κ3) is 3.07. The third-order valence-electron chi connectivity index (χ3n) is 6.40. The lowest BCUT2D eigenvalue weighted by Crippen LogP contribution is -2.51. The summed E-state index contributed by atoms with van der Waals surface area (Å²) in [6.07, 6.45) is 1.51. The number of rotatable bonds is 2. The second kappa shape index (κ2) is 7.41. The number of ether oxygens (including phenoxy) is 2. The first-order valence-electron chi connectivity index (χ1n) is 10.7. The normalized spacial score (nSPS) is 20.8. The van der Waals surface area contributed by atoms with Crippen molar-refractivity contribution in [2.45, 2.75) is 38.8 Å². The average molecular weight is 420 g/mol. The van der Waals surface area contributed by atoms with Crippen LogP contribution in [0.1, 0.15) is 58.2 Å². The van der Waals surface area contributed by atoms with Gasteiger partial charge in [-0.2, -0.15) is 0 Å². The van der Waals surface area contributed by atoms with E-state index < -0.39 is 17.9 Å². The average Bonchev–Trinajstić information content (AvgIpc) is 2.92. The molecule has 0 unspecified atom stereocenters. The topological polar surface area (TPSA) is 76.2 Å². The van der Waals surface area contributed by atoms with Crippen LogP contribution >= 0.6 is 0 Å². The first-order valence-corrected chi connectivity index (χ1v) is 10.7. The fourth-order valence-corrected chi connectivity index (χ4v) is 4.69. The zero-order valence-electron chi connectivity index (χ0n) is 17.6. The molecule has 2 atom stereocenters. The molecule has 3 aliphatic rings. The highest BCUT2D eigenvalue weighted by Crippen LogP contribution is 2.39. The predicted molar refractivity (Wildman–Crippen MR) is 112 cm³/mol. The fraction of sp³-hybridized carbons (Fsp3) is 0.375. The molecule has 0 N–H and O–H groups in total. The van der Waals surface area contributed by atoms with Gasteiger partial charge in [-0.05, 0) is 55.7 Å². The van der Waals surface area contributed by atoms with Gasteiger partial charge in [-0.1, -0.05) is 12.1 Å². The highest BCUT2D eigenvalue weighted by Gasteiger charge is 2.43. The van der Waals surface area contributed by atoms with Crippen molar-refractivity contribution in [2.75, 3.05) is 19.8 Å². The van der Waals surface area contributed by atoms with Crippen molar-refractivity contribution in [3.63, 3.8) is 0 Å². The number of hydrogen-bond donors (Lipinski definition) is 0. The standard InChI is InChI=1S/C24H24N2O5/c1-14-19-13-21-20(30-10-5-11-31-21)12-16(19)8-9-25(14)22(27)15(2)26-23(28)17-6-3-4-7-18(17)24(26)29/h3-4,6-7,12-15H,5,8-11H2,1-2H3/t14-,15-/m0/s1. The smallest absolute Gasteiger partial charge is 0.262 e. The molecule has 7 nitrogen and oxygen atoms in total. The van der Waals surface area contributed by atoms with Crippen LogP contribution in [0, 0.1) is 0 Å². The lowest BCUT2D eigenvalue weighted by atomic mass is 9.92. The zero-order valence-corrected chi connectivity index (χ0v) is 17.6. The molecule has 2 aromatic carbocycles. The van der Waals surface area contributed by atoms with Crippen LogP contribution in [0.4, 0.5) is 0 Å². The molecule has 3 heterocycles. The largest absolute Gasteiger partial charge is 0.490 e. The summed E-state index contributed by atoms with van der Waals surface area (Å²) in [5.74, 6) is 0.387. The Morgan fingerprint density at radius 1 is 1.03 bits per heavy atom. The fourth-order valence-electron chi connectivity index (χ4n) is 4.69. The van der Waals surface area contributed by atoms with E-state index in [9.17, 15) is 14.4 Å². The van der Waals surface area contributed by atoms with E-state index in [0.717, 1.165) is 28.2 Å². The van der Waals surface area contributed by atoms with E-state index in [1.807, 2.05) is 19.1 Å². The predicted octanol–water partition coefficient (Wildman–Crippen LogP) is 2.98. The molecule has 5 rings (SSSR count). The van der Waals surface area contributed by atoms with Gasteiger partial charge >= 0.3 is 0 Å². The summed E-state index contributed by atoms with van der Waals surface area (Å²) in [5, 5.41) is 0. The first-order chi connectivity index (χ1) is 15.0. The SMILES string of the molecule is C[C@H]1c2cc3c(cc2CCN1C(=O)[C@H](C)N1C(=O)c2ccccc2C1=O)OCCCO3. The van der Waals surface area contributed by atoms with Crippen LogP contribution < -0.4 is 9.47 Å². The van der Waals surface area contributed by atoms with E-state index in [4.69, 9.17) is 9.47 Å². The Bertz CT molecular complexity index is 1060. The molecule has 160 valence electrons. The molecule has 0 radical (unpaired) electrons. The van der Waals surface area contributed by atoms with Crippen molar-refractivity contribution in [1.82, 2.24) is 9.80 Å². The number of imide groups is 1. The van der Waals surface area contributed by atoms with Crippen LogP contribution in [0.5, 0.6) is 11.5 Å². The monoisotopic (exact) mass is 420 g/mol. The molecule has 0 aromatic heterocycles. The molecule has 0 aliphatic carbocycles. The van der Waals surface area contributed by atoms with Gasteiger partial charge < -0.3 is 14.4 Å². The van der Waals surface area contributed by atoms with E-state index in [-0.39, 0.29) is 11.9 Å². The number of amides is 3. The number of benzene rings is 2. The van der Waals surface area contributed by atoms with Gasteiger partial charge in [-0.15, -0.1) is 0 Å². The maximum atomic E-state index is 13.4. The van der Waals surface area contributed by atoms with Crippen LogP contribution in [0.3, 0.4) is 0 Å². The van der Waals surface area contributed by atoms with Crippen LogP contribution in [0.25, 0.3) is 0 Å². The number of carbonyl (C=O) groups excluding carboxylic acids is 3. The van der Waals surface area contributed by atoms with Crippen LogP contribution in [-0.4, -0.2) is 53.3 Å². The Labute approximate surface area is 180 Å². The maximum absolute atomic E-state index is 13.4. The van der Waals surface area contributed by atoms with Gasteiger partial charge in [0.25, 0.3) is 11.8 Å². The van der Waals surface area contributed by atoms with Gasteiger partial charge in [0.15, 0.2) is 11.5 Å². The summed E-state index contributed by atoms with van der Waals surface area (Å²) < 4.78 is 11.6. The van der Waals surface area contributed by atoms with Crippen LogP contribution in [0.15, 0.2) is 36.4 Å². The number of fused-ring (bicyclic) bond motifs is 3. The summed E-state index contributed by atoms with van der Waals surface area (Å²) in [4.78, 5) is 41.9. The second-order valence-corrected chi connectivity index (χ2v) is 8.21. The van der Waals surface area contributed by atoms with Gasteiger partial charge in [-0.3, -0.25) is 19.3 Å². The Hall–Kier alpha value is -3.35. The summed E-state index contributed by atoms with van der Waals surface area (Å²) in [6, 6.07) is 9.59. The van der Waals surface area contributed by atoms with Gasteiger partial charge in [-0.25, -0.2) is 0 Å². The summed E-state index contributed by atoms with van der Waals surface area (Å²) >= 11 is 0. The Morgan fingerprint density at radius 3 is 2.29 bits per heavy atom. The highest BCUT2D eigenvalue weighted by atomic mass is 16.5. The maximum Gasteiger partial charge on any atom is 0.262 e. The van der Waals surface area contributed by atoms with Gasteiger partial charge in [0, 0.05) is 13.0 Å². The van der Waals surface area contributed by atoms with Crippen LogP contribution in [0.2, 0.25) is 0 Å². The molecule has 0 bridgehead atoms.